The summed E-state index contributed by atoms with van der Waals surface area (Å²) in [5.74, 6) is -1.03. The van der Waals surface area contributed by atoms with Crippen LogP contribution >= 0.6 is 0 Å². The number of hydrogen-bond acceptors (Lipinski definition) is 7. The van der Waals surface area contributed by atoms with Gasteiger partial charge in [0.2, 0.25) is 5.89 Å². The van der Waals surface area contributed by atoms with Gasteiger partial charge in [-0.2, -0.15) is 5.10 Å². The normalized spacial score (nSPS) is 11.0. The van der Waals surface area contributed by atoms with Gasteiger partial charge in [-0.1, -0.05) is 0 Å². The maximum Gasteiger partial charge on any atom is 0.277 e. The van der Waals surface area contributed by atoms with Crippen LogP contribution in [0.25, 0.3) is 22.6 Å². The van der Waals surface area contributed by atoms with Gasteiger partial charge in [-0.3, -0.25) is 14.3 Å². The Morgan fingerprint density at radius 3 is 2.93 bits per heavy atom. The molecule has 0 atom stereocenters. The van der Waals surface area contributed by atoms with Crippen molar-refractivity contribution in [2.75, 3.05) is 5.32 Å². The molecule has 1 aromatic carbocycles. The number of primary amides is 1. The van der Waals surface area contributed by atoms with Gasteiger partial charge >= 0.3 is 0 Å². The van der Waals surface area contributed by atoms with E-state index >= 15 is 0 Å². The lowest BCUT2D eigenvalue weighted by Gasteiger charge is -2.00. The fourth-order valence-electron chi connectivity index (χ4n) is 2.54. The minimum absolute atomic E-state index is 0.0228. The van der Waals surface area contributed by atoms with E-state index in [1.54, 1.807) is 18.2 Å². The Labute approximate surface area is 152 Å². The molecule has 0 fully saturated rings. The highest BCUT2D eigenvalue weighted by molar-refractivity contribution is 6.07. The first kappa shape index (κ1) is 16.5. The van der Waals surface area contributed by atoms with E-state index in [0.717, 1.165) is 0 Å². The van der Waals surface area contributed by atoms with Crippen molar-refractivity contribution >= 4 is 28.6 Å². The number of rotatable bonds is 5. The van der Waals surface area contributed by atoms with Crippen molar-refractivity contribution < 1.29 is 18.4 Å². The second-order valence-electron chi connectivity index (χ2n) is 5.64. The van der Waals surface area contributed by atoms with Gasteiger partial charge < -0.3 is 19.9 Å². The second kappa shape index (κ2) is 6.41. The summed E-state index contributed by atoms with van der Waals surface area (Å²) in [6.45, 7) is 2.37. The molecule has 3 heterocycles. The van der Waals surface area contributed by atoms with Gasteiger partial charge in [-0.05, 0) is 25.1 Å². The zero-order valence-electron chi connectivity index (χ0n) is 14.2. The lowest BCUT2D eigenvalue weighted by atomic mass is 10.2. The molecule has 3 aromatic heterocycles. The minimum atomic E-state index is -0.737. The summed E-state index contributed by atoms with van der Waals surface area (Å²) in [5.41, 5.74) is 7.46. The molecule has 0 unspecified atom stereocenters. The molecule has 0 saturated heterocycles. The number of aryl methyl sites for hydroxylation is 1. The van der Waals surface area contributed by atoms with Crippen molar-refractivity contribution in [2.24, 2.45) is 5.73 Å². The van der Waals surface area contributed by atoms with Gasteiger partial charge in [0.15, 0.2) is 23.4 Å². The van der Waals surface area contributed by atoms with E-state index in [4.69, 9.17) is 14.6 Å². The molecule has 27 heavy (non-hydrogen) atoms. The Balaban J connectivity index is 1.59. The minimum Gasteiger partial charge on any atom is -0.444 e. The van der Waals surface area contributed by atoms with E-state index in [-0.39, 0.29) is 23.0 Å². The fraction of sp³-hybridized carbons (Fsp3) is 0.118. The molecule has 0 spiro atoms. The molecule has 10 heteroatoms. The fourth-order valence-corrected chi connectivity index (χ4v) is 2.54. The smallest absolute Gasteiger partial charge is 0.277 e. The first-order valence-corrected chi connectivity index (χ1v) is 8.03. The van der Waals surface area contributed by atoms with Crippen LogP contribution in [0, 0.1) is 0 Å². The molecule has 10 nitrogen and oxygen atoms in total. The van der Waals surface area contributed by atoms with Gasteiger partial charge in [0.25, 0.3) is 11.8 Å². The molecule has 4 rings (SSSR count). The number of carbonyl (C=O) groups excluding carboxylic acids is 2. The molecule has 3 N–H and O–H groups in total. The van der Waals surface area contributed by atoms with E-state index in [1.807, 2.05) is 6.92 Å². The standard InChI is InChI=1S/C17H14N6O4/c1-2-23-6-11(14(22-23)15(18)24)20-16(25)12-7-26-17(21-12)9-3-4-13-10(5-9)19-8-27-13/h3-8H,2H2,1H3,(H2,18,24)(H,20,25). The molecule has 0 aliphatic carbocycles. The molecule has 0 aliphatic heterocycles. The second-order valence-corrected chi connectivity index (χ2v) is 5.64. The lowest BCUT2D eigenvalue weighted by Crippen LogP contribution is -2.18. The highest BCUT2D eigenvalue weighted by Crippen LogP contribution is 2.24. The topological polar surface area (TPSA) is 142 Å². The first-order valence-electron chi connectivity index (χ1n) is 8.03. The number of benzene rings is 1. The van der Waals surface area contributed by atoms with Gasteiger partial charge in [0.05, 0.1) is 5.69 Å². The van der Waals surface area contributed by atoms with Crippen LogP contribution < -0.4 is 11.1 Å². The van der Waals surface area contributed by atoms with Gasteiger partial charge in [-0.25, -0.2) is 9.97 Å². The number of anilines is 1. The highest BCUT2D eigenvalue weighted by Gasteiger charge is 2.19. The lowest BCUT2D eigenvalue weighted by molar-refractivity contribution is 0.0995. The van der Waals surface area contributed by atoms with Crippen molar-refractivity contribution in [3.05, 3.63) is 48.4 Å². The molecule has 0 bridgehead atoms. The van der Waals surface area contributed by atoms with Crippen LogP contribution in [-0.2, 0) is 6.54 Å². The predicted octanol–water partition coefficient (Wildman–Crippen LogP) is 2.05. The average Bonchev–Trinajstić information content (AvgIpc) is 3.39. The van der Waals surface area contributed by atoms with Crippen LogP contribution in [0.1, 0.15) is 27.9 Å². The molecule has 0 aliphatic rings. The zero-order chi connectivity index (χ0) is 19.0. The third-order valence-corrected chi connectivity index (χ3v) is 3.88. The quantitative estimate of drug-likeness (QED) is 0.550. The molecule has 136 valence electrons. The molecular weight excluding hydrogens is 352 g/mol. The van der Waals surface area contributed by atoms with E-state index < -0.39 is 11.8 Å². The van der Waals surface area contributed by atoms with Crippen molar-refractivity contribution in [2.45, 2.75) is 13.5 Å². The highest BCUT2D eigenvalue weighted by atomic mass is 16.3. The van der Waals surface area contributed by atoms with Crippen molar-refractivity contribution in [1.29, 1.82) is 0 Å². The summed E-state index contributed by atoms with van der Waals surface area (Å²) in [4.78, 5) is 32.2. The predicted molar refractivity (Wildman–Crippen MR) is 93.9 cm³/mol. The Bertz CT molecular complexity index is 1160. The number of hydrogen-bond donors (Lipinski definition) is 2. The Morgan fingerprint density at radius 1 is 1.30 bits per heavy atom. The summed E-state index contributed by atoms with van der Waals surface area (Å²) < 4.78 is 12.1. The molecule has 0 saturated carbocycles. The molecular formula is C17H14N6O4. The Hall–Kier alpha value is -3.95. The van der Waals surface area contributed by atoms with Crippen LogP contribution in [0.3, 0.4) is 0 Å². The SMILES string of the molecule is CCn1cc(NC(=O)c2coc(-c3ccc4ocnc4c3)n2)c(C(N)=O)n1. The van der Waals surface area contributed by atoms with E-state index in [2.05, 4.69) is 20.4 Å². The van der Waals surface area contributed by atoms with E-state index in [1.165, 1.54) is 23.5 Å². The summed E-state index contributed by atoms with van der Waals surface area (Å²) in [7, 11) is 0. The molecule has 0 radical (unpaired) electrons. The maximum absolute atomic E-state index is 12.5. The van der Waals surface area contributed by atoms with Crippen molar-refractivity contribution in [3.63, 3.8) is 0 Å². The Kier molecular flexibility index (Phi) is 3.92. The Morgan fingerprint density at radius 2 is 2.15 bits per heavy atom. The third-order valence-electron chi connectivity index (χ3n) is 3.88. The first-order chi connectivity index (χ1) is 13.0. The van der Waals surface area contributed by atoms with Crippen LogP contribution in [0.4, 0.5) is 5.69 Å². The van der Waals surface area contributed by atoms with Gasteiger partial charge in [0.1, 0.15) is 11.8 Å². The monoisotopic (exact) mass is 366 g/mol. The molecule has 2 amide bonds. The van der Waals surface area contributed by atoms with Crippen LogP contribution in [0.15, 0.2) is 45.9 Å². The number of nitrogens with zero attached hydrogens (tertiary/aromatic N) is 4. The van der Waals surface area contributed by atoms with Crippen LogP contribution in [-0.4, -0.2) is 31.6 Å². The number of amides is 2. The van der Waals surface area contributed by atoms with Crippen molar-refractivity contribution in [1.82, 2.24) is 19.7 Å². The number of oxazole rings is 2. The number of fused-ring (bicyclic) bond motifs is 1. The van der Waals surface area contributed by atoms with Crippen LogP contribution in [0.2, 0.25) is 0 Å². The largest absolute Gasteiger partial charge is 0.444 e. The van der Waals surface area contributed by atoms with Gasteiger partial charge in [0, 0.05) is 18.3 Å². The molecule has 4 aromatic rings. The zero-order valence-corrected chi connectivity index (χ0v) is 14.2. The number of nitrogens with two attached hydrogens (primary N) is 1. The van der Waals surface area contributed by atoms with Crippen molar-refractivity contribution in [3.8, 4) is 11.5 Å². The average molecular weight is 366 g/mol. The van der Waals surface area contributed by atoms with Gasteiger partial charge in [-0.15, -0.1) is 0 Å². The number of nitrogens with one attached hydrogen (secondary N) is 1. The van der Waals surface area contributed by atoms with E-state index in [9.17, 15) is 9.59 Å². The summed E-state index contributed by atoms with van der Waals surface area (Å²) in [6.07, 6.45) is 4.10. The summed E-state index contributed by atoms with van der Waals surface area (Å²) in [5, 5.41) is 6.60. The maximum atomic E-state index is 12.5. The number of aromatic nitrogens is 4. The number of carbonyl (C=O) groups is 2. The third kappa shape index (κ3) is 3.03. The summed E-state index contributed by atoms with van der Waals surface area (Å²) in [6, 6.07) is 5.22. The van der Waals surface area contributed by atoms with E-state index in [0.29, 0.717) is 23.2 Å². The van der Waals surface area contributed by atoms with Crippen LogP contribution in [0.5, 0.6) is 0 Å². The summed E-state index contributed by atoms with van der Waals surface area (Å²) >= 11 is 0.